The fourth-order valence-electron chi connectivity index (χ4n) is 2.44. The summed E-state index contributed by atoms with van der Waals surface area (Å²) in [5.41, 5.74) is 0.320. The molecule has 2 aliphatic rings. The zero-order chi connectivity index (χ0) is 9.47. The summed E-state index contributed by atoms with van der Waals surface area (Å²) in [4.78, 5) is 2.56. The van der Waals surface area contributed by atoms with E-state index in [1.807, 2.05) is 0 Å². The van der Waals surface area contributed by atoms with Gasteiger partial charge in [-0.3, -0.25) is 4.90 Å². The number of nitrogens with zero attached hydrogens (tertiary/aromatic N) is 1. The molecular formula is C11H21NO. The molecule has 0 aromatic heterocycles. The summed E-state index contributed by atoms with van der Waals surface area (Å²) in [7, 11) is 0. The van der Waals surface area contributed by atoms with Crippen LogP contribution < -0.4 is 0 Å². The molecule has 2 heteroatoms. The van der Waals surface area contributed by atoms with Crippen LogP contribution in [-0.4, -0.2) is 36.2 Å². The lowest BCUT2D eigenvalue weighted by molar-refractivity contribution is -0.00291. The van der Waals surface area contributed by atoms with Gasteiger partial charge in [0, 0.05) is 25.2 Å². The van der Waals surface area contributed by atoms with Crippen LogP contribution in [0.15, 0.2) is 0 Å². The van der Waals surface area contributed by atoms with Crippen molar-refractivity contribution < 1.29 is 4.74 Å². The van der Waals surface area contributed by atoms with Crippen LogP contribution in [0, 0.1) is 5.92 Å². The molecule has 2 nitrogen and oxygen atoms in total. The van der Waals surface area contributed by atoms with Crippen molar-refractivity contribution in [2.24, 2.45) is 5.92 Å². The van der Waals surface area contributed by atoms with Crippen molar-refractivity contribution in [3.63, 3.8) is 0 Å². The lowest BCUT2D eigenvalue weighted by atomic mass is 9.98. The SMILES string of the molecule is CC(C)(C)N1CC2CCCOC2C1. The van der Waals surface area contributed by atoms with Gasteiger partial charge in [0.2, 0.25) is 0 Å². The van der Waals surface area contributed by atoms with E-state index in [0.717, 1.165) is 19.1 Å². The third-order valence-electron chi connectivity index (χ3n) is 3.38. The third kappa shape index (κ3) is 1.89. The van der Waals surface area contributed by atoms with E-state index < -0.39 is 0 Å². The summed E-state index contributed by atoms with van der Waals surface area (Å²) in [6.45, 7) is 10.3. The molecular weight excluding hydrogens is 162 g/mol. The van der Waals surface area contributed by atoms with Gasteiger partial charge >= 0.3 is 0 Å². The normalized spacial score (nSPS) is 36.2. The van der Waals surface area contributed by atoms with Crippen LogP contribution in [0.25, 0.3) is 0 Å². The standard InChI is InChI=1S/C11H21NO/c1-11(2,3)12-7-9-5-4-6-13-10(9)8-12/h9-10H,4-8H2,1-3H3. The minimum Gasteiger partial charge on any atom is -0.377 e. The van der Waals surface area contributed by atoms with Gasteiger partial charge in [0.1, 0.15) is 0 Å². The molecule has 2 unspecified atom stereocenters. The Morgan fingerprint density at radius 3 is 2.62 bits per heavy atom. The predicted molar refractivity (Wildman–Crippen MR) is 53.8 cm³/mol. The van der Waals surface area contributed by atoms with E-state index in [1.165, 1.54) is 19.4 Å². The van der Waals surface area contributed by atoms with Crippen molar-refractivity contribution in [1.29, 1.82) is 0 Å². The molecule has 0 aromatic carbocycles. The smallest absolute Gasteiger partial charge is 0.0742 e. The molecule has 2 rings (SSSR count). The van der Waals surface area contributed by atoms with Crippen LogP contribution >= 0.6 is 0 Å². The second kappa shape index (κ2) is 3.25. The quantitative estimate of drug-likeness (QED) is 0.568. The molecule has 0 bridgehead atoms. The van der Waals surface area contributed by atoms with Gasteiger partial charge in [0.25, 0.3) is 0 Å². The Balaban J connectivity index is 1.99. The molecule has 0 N–H and O–H groups in total. The first-order valence-corrected chi connectivity index (χ1v) is 5.44. The van der Waals surface area contributed by atoms with Gasteiger partial charge in [-0.1, -0.05) is 0 Å². The molecule has 2 aliphatic heterocycles. The Hall–Kier alpha value is -0.0800. The van der Waals surface area contributed by atoms with Crippen molar-refractivity contribution in [3.05, 3.63) is 0 Å². The lowest BCUT2D eigenvalue weighted by Gasteiger charge is -2.31. The maximum absolute atomic E-state index is 5.79. The molecule has 0 spiro atoms. The fourth-order valence-corrected chi connectivity index (χ4v) is 2.44. The highest BCUT2D eigenvalue weighted by atomic mass is 16.5. The van der Waals surface area contributed by atoms with Crippen LogP contribution in [0.4, 0.5) is 0 Å². The molecule has 2 fully saturated rings. The van der Waals surface area contributed by atoms with E-state index in [1.54, 1.807) is 0 Å². The molecule has 0 saturated carbocycles. The molecule has 76 valence electrons. The summed E-state index contributed by atoms with van der Waals surface area (Å²) in [5, 5.41) is 0. The summed E-state index contributed by atoms with van der Waals surface area (Å²) >= 11 is 0. The van der Waals surface area contributed by atoms with E-state index in [0.29, 0.717) is 11.6 Å². The molecule has 2 saturated heterocycles. The number of likely N-dealkylation sites (tertiary alicyclic amines) is 1. The second-order valence-electron chi connectivity index (χ2n) is 5.39. The molecule has 13 heavy (non-hydrogen) atoms. The van der Waals surface area contributed by atoms with Crippen LogP contribution in [0.2, 0.25) is 0 Å². The largest absolute Gasteiger partial charge is 0.377 e. The van der Waals surface area contributed by atoms with E-state index in [4.69, 9.17) is 4.74 Å². The average molecular weight is 183 g/mol. The van der Waals surface area contributed by atoms with Crippen LogP contribution in [0.1, 0.15) is 33.6 Å². The first-order chi connectivity index (χ1) is 6.07. The Labute approximate surface area is 81.3 Å². The van der Waals surface area contributed by atoms with Crippen molar-refractivity contribution in [2.45, 2.75) is 45.3 Å². The number of rotatable bonds is 0. The summed E-state index contributed by atoms with van der Waals surface area (Å²) < 4.78 is 5.79. The maximum atomic E-state index is 5.79. The van der Waals surface area contributed by atoms with E-state index in [2.05, 4.69) is 25.7 Å². The monoisotopic (exact) mass is 183 g/mol. The summed E-state index contributed by atoms with van der Waals surface area (Å²) in [6.07, 6.45) is 3.17. The molecule has 0 aliphatic carbocycles. The average Bonchev–Trinajstić information content (AvgIpc) is 2.45. The molecule has 0 aromatic rings. The predicted octanol–water partition coefficient (Wildman–Crippen LogP) is 1.90. The van der Waals surface area contributed by atoms with E-state index in [-0.39, 0.29) is 0 Å². The number of hydrogen-bond acceptors (Lipinski definition) is 2. The van der Waals surface area contributed by atoms with Crippen molar-refractivity contribution in [3.8, 4) is 0 Å². The van der Waals surface area contributed by atoms with Crippen molar-refractivity contribution in [1.82, 2.24) is 4.90 Å². The van der Waals surface area contributed by atoms with Gasteiger partial charge in [-0.15, -0.1) is 0 Å². The van der Waals surface area contributed by atoms with Crippen LogP contribution in [0.5, 0.6) is 0 Å². The third-order valence-corrected chi connectivity index (χ3v) is 3.38. The second-order valence-corrected chi connectivity index (χ2v) is 5.39. The van der Waals surface area contributed by atoms with Gasteiger partial charge in [-0.05, 0) is 39.5 Å². The van der Waals surface area contributed by atoms with Crippen LogP contribution in [0.3, 0.4) is 0 Å². The summed E-state index contributed by atoms with van der Waals surface area (Å²) in [5.74, 6) is 0.813. The Morgan fingerprint density at radius 1 is 1.23 bits per heavy atom. The molecule has 0 amide bonds. The minimum atomic E-state index is 0.320. The van der Waals surface area contributed by atoms with Gasteiger partial charge in [-0.25, -0.2) is 0 Å². The van der Waals surface area contributed by atoms with Gasteiger partial charge in [0.05, 0.1) is 6.10 Å². The first-order valence-electron chi connectivity index (χ1n) is 5.44. The van der Waals surface area contributed by atoms with Crippen LogP contribution in [-0.2, 0) is 4.74 Å². The Kier molecular flexibility index (Phi) is 2.37. The summed E-state index contributed by atoms with van der Waals surface area (Å²) in [6, 6.07) is 0. The highest BCUT2D eigenvalue weighted by molar-refractivity contribution is 4.92. The number of ether oxygens (including phenoxy) is 1. The first kappa shape index (κ1) is 9.47. The molecule has 0 radical (unpaired) electrons. The fraction of sp³-hybridized carbons (Fsp3) is 1.00. The van der Waals surface area contributed by atoms with Gasteiger partial charge < -0.3 is 4.74 Å². The zero-order valence-corrected chi connectivity index (χ0v) is 9.05. The van der Waals surface area contributed by atoms with E-state index >= 15 is 0 Å². The van der Waals surface area contributed by atoms with Gasteiger partial charge in [-0.2, -0.15) is 0 Å². The Bertz CT molecular complexity index is 171. The Morgan fingerprint density at radius 2 is 2.00 bits per heavy atom. The number of fused-ring (bicyclic) bond motifs is 1. The zero-order valence-electron chi connectivity index (χ0n) is 9.05. The topological polar surface area (TPSA) is 12.5 Å². The highest BCUT2D eigenvalue weighted by Crippen LogP contribution is 2.32. The lowest BCUT2D eigenvalue weighted by Crippen LogP contribution is -2.40. The maximum Gasteiger partial charge on any atom is 0.0742 e. The number of hydrogen-bond donors (Lipinski definition) is 0. The highest BCUT2D eigenvalue weighted by Gasteiger charge is 2.39. The van der Waals surface area contributed by atoms with Crippen molar-refractivity contribution in [2.75, 3.05) is 19.7 Å². The van der Waals surface area contributed by atoms with Gasteiger partial charge in [0.15, 0.2) is 0 Å². The minimum absolute atomic E-state index is 0.320. The molecule has 2 heterocycles. The van der Waals surface area contributed by atoms with E-state index in [9.17, 15) is 0 Å². The van der Waals surface area contributed by atoms with Crippen molar-refractivity contribution >= 4 is 0 Å². The molecule has 2 atom stereocenters.